The molecule has 1 fully saturated rings. The van der Waals surface area contributed by atoms with E-state index in [1.807, 2.05) is 25.2 Å². The molecule has 1 unspecified atom stereocenters. The van der Waals surface area contributed by atoms with Crippen LogP contribution in [0.1, 0.15) is 44.6 Å². The molecule has 1 aromatic rings. The maximum absolute atomic E-state index is 13.1. The summed E-state index contributed by atoms with van der Waals surface area (Å²) in [6.07, 6.45) is 9.32. The SMILES string of the molecule is C#CCCC1(CCNC(=O)[C@H](CS)N(C)C2(C3(C)CSC(c4ccccc4O)=N3)CC2)N=N1. The molecule has 7 nitrogen and oxygen atoms in total. The molecule has 2 atom stereocenters. The minimum absolute atomic E-state index is 0.0364. The maximum atomic E-state index is 13.1. The molecule has 1 aliphatic carbocycles. The Morgan fingerprint density at radius 3 is 2.70 bits per heavy atom. The second-order valence-corrected chi connectivity index (χ2v) is 10.6. The predicted molar refractivity (Wildman–Crippen MR) is 136 cm³/mol. The number of terminal acetylenes is 1. The molecular weight excluding hydrogens is 454 g/mol. The number of phenolic OH excluding ortho intramolecular Hbond substituents is 1. The van der Waals surface area contributed by atoms with E-state index >= 15 is 0 Å². The molecule has 2 heterocycles. The first kappa shape index (κ1) is 24.1. The van der Waals surface area contributed by atoms with Gasteiger partial charge in [0.1, 0.15) is 10.8 Å². The smallest absolute Gasteiger partial charge is 0.238 e. The van der Waals surface area contributed by atoms with Crippen LogP contribution < -0.4 is 5.32 Å². The van der Waals surface area contributed by atoms with Crippen LogP contribution in [0.15, 0.2) is 39.5 Å². The molecule has 33 heavy (non-hydrogen) atoms. The van der Waals surface area contributed by atoms with Crippen LogP contribution in [0.2, 0.25) is 0 Å². The molecule has 0 spiro atoms. The fourth-order valence-corrected chi connectivity index (χ4v) is 6.53. The standard InChI is InChI=1S/C24H31N5O2S2/c1-4-5-10-24(27-28-24)13-14-25-20(31)18(15-32)29(3)23(11-12-23)22(2)16-33-21(26-22)17-8-6-7-9-19(17)30/h1,6-9,18,30,32H,5,10-16H2,2-3H3,(H,25,31)/t18-,22?/m0/s1. The third kappa shape index (κ3) is 4.66. The number of nitrogens with one attached hydrogen (secondary N) is 1. The Hall–Kier alpha value is -2.02. The lowest BCUT2D eigenvalue weighted by atomic mass is 9.89. The number of likely N-dealkylation sites (N-methyl/N-ethyl adjacent to an activating group) is 1. The third-order valence-corrected chi connectivity index (χ3v) is 8.83. The highest BCUT2D eigenvalue weighted by molar-refractivity contribution is 8.14. The Kier molecular flexibility index (Phi) is 6.81. The molecule has 0 aromatic heterocycles. The fourth-order valence-electron chi connectivity index (χ4n) is 4.77. The Morgan fingerprint density at radius 2 is 2.09 bits per heavy atom. The number of hydrogen-bond acceptors (Lipinski definition) is 8. The van der Waals surface area contributed by atoms with Gasteiger partial charge >= 0.3 is 0 Å². The molecule has 2 aliphatic heterocycles. The van der Waals surface area contributed by atoms with E-state index in [9.17, 15) is 9.90 Å². The molecule has 0 radical (unpaired) electrons. The number of para-hydroxylation sites is 1. The van der Waals surface area contributed by atoms with Crippen molar-refractivity contribution >= 4 is 35.3 Å². The summed E-state index contributed by atoms with van der Waals surface area (Å²) in [5, 5.41) is 22.5. The van der Waals surface area contributed by atoms with Gasteiger partial charge in [0, 0.05) is 48.4 Å². The molecular formula is C24H31N5O2S2. The van der Waals surface area contributed by atoms with Crippen LogP contribution in [0.4, 0.5) is 0 Å². The summed E-state index contributed by atoms with van der Waals surface area (Å²) in [6, 6.07) is 6.94. The van der Waals surface area contributed by atoms with Crippen LogP contribution in [0.5, 0.6) is 5.75 Å². The van der Waals surface area contributed by atoms with Gasteiger partial charge in [0.15, 0.2) is 5.66 Å². The van der Waals surface area contributed by atoms with Crippen molar-refractivity contribution < 1.29 is 9.90 Å². The number of rotatable bonds is 11. The number of hydrogen-bond donors (Lipinski definition) is 3. The number of benzene rings is 1. The Bertz CT molecular complexity index is 1010. The number of thioether (sulfide) groups is 1. The molecule has 1 amide bonds. The van der Waals surface area contributed by atoms with Crippen LogP contribution in [0.25, 0.3) is 0 Å². The summed E-state index contributed by atoms with van der Waals surface area (Å²) in [4.78, 5) is 20.4. The third-order valence-electron chi connectivity index (χ3n) is 7.19. The topological polar surface area (TPSA) is 89.7 Å². The molecule has 3 aliphatic rings. The second kappa shape index (κ2) is 9.32. The monoisotopic (exact) mass is 485 g/mol. The van der Waals surface area contributed by atoms with Crippen LogP contribution in [-0.4, -0.2) is 68.8 Å². The fraction of sp³-hybridized carbons (Fsp3) is 0.583. The van der Waals surface area contributed by atoms with E-state index in [1.165, 1.54) is 0 Å². The lowest BCUT2D eigenvalue weighted by Gasteiger charge is -2.42. The van der Waals surface area contributed by atoms with E-state index in [0.717, 1.165) is 35.6 Å². The quantitative estimate of drug-likeness (QED) is 0.331. The van der Waals surface area contributed by atoms with Gasteiger partial charge in [-0.3, -0.25) is 14.7 Å². The van der Waals surface area contributed by atoms with Gasteiger partial charge in [-0.25, -0.2) is 0 Å². The molecule has 0 saturated heterocycles. The van der Waals surface area contributed by atoms with Crippen molar-refractivity contribution in [1.82, 2.24) is 10.2 Å². The van der Waals surface area contributed by atoms with Gasteiger partial charge in [-0.1, -0.05) is 12.1 Å². The molecule has 9 heteroatoms. The number of carbonyl (C=O) groups excluding carboxylic acids is 1. The van der Waals surface area contributed by atoms with Crippen LogP contribution >= 0.6 is 24.4 Å². The average Bonchev–Trinajstić information content (AvgIpc) is 3.72. The molecule has 4 rings (SSSR count). The molecule has 1 aromatic carbocycles. The molecule has 176 valence electrons. The van der Waals surface area contributed by atoms with Gasteiger partial charge in [-0.05, 0) is 38.9 Å². The van der Waals surface area contributed by atoms with Crippen molar-refractivity contribution in [2.45, 2.75) is 61.8 Å². The summed E-state index contributed by atoms with van der Waals surface area (Å²) in [5.74, 6) is 4.06. The number of nitrogens with zero attached hydrogens (tertiary/aromatic N) is 4. The van der Waals surface area contributed by atoms with Gasteiger partial charge in [0.05, 0.1) is 11.6 Å². The van der Waals surface area contributed by atoms with Crippen molar-refractivity contribution in [2.75, 3.05) is 25.1 Å². The number of aromatic hydroxyl groups is 1. The number of phenols is 1. The highest BCUT2D eigenvalue weighted by atomic mass is 32.2. The summed E-state index contributed by atoms with van der Waals surface area (Å²) in [7, 11) is 2.01. The van der Waals surface area contributed by atoms with Gasteiger partial charge in [0.2, 0.25) is 5.91 Å². The second-order valence-electron chi connectivity index (χ2n) is 9.27. The maximum Gasteiger partial charge on any atom is 0.238 e. The Labute approximate surface area is 205 Å². The summed E-state index contributed by atoms with van der Waals surface area (Å²) >= 11 is 6.18. The zero-order valence-corrected chi connectivity index (χ0v) is 20.8. The van der Waals surface area contributed by atoms with E-state index in [-0.39, 0.29) is 28.8 Å². The minimum Gasteiger partial charge on any atom is -0.507 e. The van der Waals surface area contributed by atoms with E-state index in [4.69, 9.17) is 11.4 Å². The number of thiol groups is 1. The molecule has 1 saturated carbocycles. The lowest BCUT2D eigenvalue weighted by molar-refractivity contribution is -0.126. The number of carbonyl (C=O) groups is 1. The van der Waals surface area contributed by atoms with Gasteiger partial charge in [-0.2, -0.15) is 22.9 Å². The summed E-state index contributed by atoms with van der Waals surface area (Å²) in [5.41, 5.74) is -0.187. The molecule has 2 N–H and O–H groups in total. The zero-order chi connectivity index (χ0) is 23.7. The first-order valence-corrected chi connectivity index (χ1v) is 12.9. The van der Waals surface area contributed by atoms with Crippen molar-refractivity contribution in [2.24, 2.45) is 15.2 Å². The van der Waals surface area contributed by atoms with E-state index in [1.54, 1.807) is 17.8 Å². The first-order valence-electron chi connectivity index (χ1n) is 11.3. The zero-order valence-electron chi connectivity index (χ0n) is 19.1. The van der Waals surface area contributed by atoms with Crippen molar-refractivity contribution in [3.05, 3.63) is 29.8 Å². The van der Waals surface area contributed by atoms with Crippen molar-refractivity contribution in [3.63, 3.8) is 0 Å². The van der Waals surface area contributed by atoms with E-state index in [2.05, 4.69) is 45.9 Å². The lowest BCUT2D eigenvalue weighted by Crippen LogP contribution is -2.59. The summed E-state index contributed by atoms with van der Waals surface area (Å²) < 4.78 is 0. The van der Waals surface area contributed by atoms with Crippen LogP contribution in [0, 0.1) is 12.3 Å². The van der Waals surface area contributed by atoms with E-state index < -0.39 is 5.66 Å². The minimum atomic E-state index is -0.400. The van der Waals surface area contributed by atoms with Crippen LogP contribution in [0.3, 0.4) is 0 Å². The van der Waals surface area contributed by atoms with E-state index in [0.29, 0.717) is 25.1 Å². The summed E-state index contributed by atoms with van der Waals surface area (Å²) in [6.45, 7) is 2.67. The first-order chi connectivity index (χ1) is 15.8. The highest BCUT2D eigenvalue weighted by Crippen LogP contribution is 2.55. The van der Waals surface area contributed by atoms with Crippen molar-refractivity contribution in [1.29, 1.82) is 0 Å². The van der Waals surface area contributed by atoms with Crippen molar-refractivity contribution in [3.8, 4) is 18.1 Å². The normalized spacial score (nSPS) is 24.8. The predicted octanol–water partition coefficient (Wildman–Crippen LogP) is 3.49. The largest absolute Gasteiger partial charge is 0.507 e. The average molecular weight is 486 g/mol. The Morgan fingerprint density at radius 1 is 1.36 bits per heavy atom. The highest BCUT2D eigenvalue weighted by Gasteiger charge is 2.62. The Balaban J connectivity index is 1.41. The van der Waals surface area contributed by atoms with Gasteiger partial charge in [-0.15, -0.1) is 24.1 Å². The van der Waals surface area contributed by atoms with Gasteiger partial charge < -0.3 is 10.4 Å². The number of aliphatic imine (C=N–C) groups is 1. The number of amides is 1. The molecule has 0 bridgehead atoms. The van der Waals surface area contributed by atoms with Crippen LogP contribution in [-0.2, 0) is 4.79 Å². The van der Waals surface area contributed by atoms with Gasteiger partial charge in [0.25, 0.3) is 0 Å².